The van der Waals surface area contributed by atoms with Crippen molar-refractivity contribution in [2.45, 2.75) is 11.4 Å². The maximum absolute atomic E-state index is 6.29. The van der Waals surface area contributed by atoms with Crippen molar-refractivity contribution in [2.75, 3.05) is 49.0 Å². The van der Waals surface area contributed by atoms with Crippen molar-refractivity contribution in [3.63, 3.8) is 0 Å². The van der Waals surface area contributed by atoms with Crippen molar-refractivity contribution in [3.05, 3.63) is 0 Å². The third kappa shape index (κ3) is 4.80. The van der Waals surface area contributed by atoms with Gasteiger partial charge in [0.1, 0.15) is 5.00 Å². The van der Waals surface area contributed by atoms with Gasteiger partial charge in [0, 0.05) is 27.8 Å². The number of hydrogen-bond donors (Lipinski definition) is 0. The molecule has 0 bridgehead atoms. The smallest absolute Gasteiger partial charge is 0.376 e. The first-order valence-electron chi connectivity index (χ1n) is 4.91. The second-order valence-corrected chi connectivity index (χ2v) is 8.51. The minimum atomic E-state index is -2.67. The van der Waals surface area contributed by atoms with Crippen LogP contribution in [0.15, 0.2) is 0 Å². The SMILES string of the molecule is CO[Si](OC)(OC)C(Cl)CC[N+](C)(C)C. The molecule has 0 saturated heterocycles. The molecule has 15 heavy (non-hydrogen) atoms. The second-order valence-electron chi connectivity index (χ2n) is 4.49. The van der Waals surface area contributed by atoms with E-state index in [9.17, 15) is 0 Å². The molecule has 1 atom stereocenters. The van der Waals surface area contributed by atoms with Crippen LogP contribution in [0.4, 0.5) is 0 Å². The van der Waals surface area contributed by atoms with E-state index in [1.54, 1.807) is 21.3 Å². The Morgan fingerprint density at radius 1 is 1.07 bits per heavy atom. The van der Waals surface area contributed by atoms with Gasteiger partial charge in [-0.3, -0.25) is 0 Å². The van der Waals surface area contributed by atoms with E-state index >= 15 is 0 Å². The van der Waals surface area contributed by atoms with Crippen LogP contribution >= 0.6 is 11.6 Å². The Labute approximate surface area is 99.0 Å². The highest BCUT2D eigenvalue weighted by Crippen LogP contribution is 2.21. The van der Waals surface area contributed by atoms with Crippen LogP contribution in [0.1, 0.15) is 6.42 Å². The zero-order valence-electron chi connectivity index (χ0n) is 10.5. The Morgan fingerprint density at radius 2 is 1.47 bits per heavy atom. The Morgan fingerprint density at radius 3 is 1.73 bits per heavy atom. The molecule has 6 heteroatoms. The molecular formula is C9H23ClNO3Si+. The largest absolute Gasteiger partial charge is 0.519 e. The van der Waals surface area contributed by atoms with E-state index in [0.717, 1.165) is 17.4 Å². The molecule has 0 saturated carbocycles. The van der Waals surface area contributed by atoms with Gasteiger partial charge in [0.2, 0.25) is 0 Å². The number of halogens is 1. The van der Waals surface area contributed by atoms with E-state index in [4.69, 9.17) is 24.9 Å². The molecule has 1 unspecified atom stereocenters. The highest BCUT2D eigenvalue weighted by atomic mass is 35.5. The lowest BCUT2D eigenvalue weighted by Crippen LogP contribution is -2.53. The predicted molar refractivity (Wildman–Crippen MR) is 63.9 cm³/mol. The first-order chi connectivity index (χ1) is 6.81. The van der Waals surface area contributed by atoms with Gasteiger partial charge in [-0.2, -0.15) is 0 Å². The van der Waals surface area contributed by atoms with Crippen LogP contribution in [0.2, 0.25) is 0 Å². The van der Waals surface area contributed by atoms with Gasteiger partial charge in [-0.05, 0) is 0 Å². The van der Waals surface area contributed by atoms with Crippen molar-refractivity contribution in [1.29, 1.82) is 0 Å². The molecule has 0 amide bonds. The molecule has 0 aromatic rings. The van der Waals surface area contributed by atoms with E-state index in [1.807, 2.05) is 0 Å². The summed E-state index contributed by atoms with van der Waals surface area (Å²) in [6.45, 7) is 0.957. The van der Waals surface area contributed by atoms with Crippen LogP contribution in [0, 0.1) is 0 Å². The minimum absolute atomic E-state index is 0.199. The van der Waals surface area contributed by atoms with Gasteiger partial charge in [0.25, 0.3) is 0 Å². The van der Waals surface area contributed by atoms with Gasteiger partial charge in [-0.15, -0.1) is 11.6 Å². The third-order valence-electron chi connectivity index (χ3n) is 2.29. The number of quaternary nitrogens is 1. The molecule has 0 aliphatic rings. The average molecular weight is 257 g/mol. The first-order valence-corrected chi connectivity index (χ1v) is 7.15. The number of nitrogens with zero attached hydrogens (tertiary/aromatic N) is 1. The lowest BCUT2D eigenvalue weighted by atomic mass is 10.4. The number of alkyl halides is 1. The van der Waals surface area contributed by atoms with Gasteiger partial charge >= 0.3 is 8.80 Å². The number of rotatable bonds is 7. The topological polar surface area (TPSA) is 27.7 Å². The van der Waals surface area contributed by atoms with Crippen LogP contribution in [0.3, 0.4) is 0 Å². The fraction of sp³-hybridized carbons (Fsp3) is 1.00. The summed E-state index contributed by atoms with van der Waals surface area (Å²) in [5.41, 5.74) is 0. The lowest BCUT2D eigenvalue weighted by molar-refractivity contribution is -0.870. The van der Waals surface area contributed by atoms with Crippen LogP contribution in [0.25, 0.3) is 0 Å². The van der Waals surface area contributed by atoms with Gasteiger partial charge < -0.3 is 17.8 Å². The summed E-state index contributed by atoms with van der Waals surface area (Å²) in [5, 5.41) is -0.199. The maximum Gasteiger partial charge on any atom is 0.519 e. The Kier molecular flexibility index (Phi) is 6.32. The Hall–Kier alpha value is 0.347. The van der Waals surface area contributed by atoms with E-state index in [2.05, 4.69) is 21.1 Å². The van der Waals surface area contributed by atoms with Crippen molar-refractivity contribution in [3.8, 4) is 0 Å². The summed E-state index contributed by atoms with van der Waals surface area (Å²) in [4.78, 5) is 0. The van der Waals surface area contributed by atoms with E-state index in [0.29, 0.717) is 0 Å². The van der Waals surface area contributed by atoms with Crippen LogP contribution in [0.5, 0.6) is 0 Å². The molecule has 0 spiro atoms. The van der Waals surface area contributed by atoms with E-state index in [1.165, 1.54) is 0 Å². The minimum Gasteiger partial charge on any atom is -0.376 e. The molecule has 0 fully saturated rings. The summed E-state index contributed by atoms with van der Waals surface area (Å²) >= 11 is 6.29. The molecule has 0 aliphatic carbocycles. The van der Waals surface area contributed by atoms with Gasteiger partial charge in [-0.25, -0.2) is 0 Å². The van der Waals surface area contributed by atoms with E-state index in [-0.39, 0.29) is 5.00 Å². The van der Waals surface area contributed by atoms with Crippen molar-refractivity contribution in [2.24, 2.45) is 0 Å². The average Bonchev–Trinajstić information content (AvgIpc) is 2.17. The molecule has 0 rings (SSSR count). The van der Waals surface area contributed by atoms with Gasteiger partial charge in [-0.1, -0.05) is 0 Å². The lowest BCUT2D eigenvalue weighted by Gasteiger charge is -2.31. The molecular weight excluding hydrogens is 234 g/mol. The monoisotopic (exact) mass is 256 g/mol. The van der Waals surface area contributed by atoms with Gasteiger partial charge in [0.05, 0.1) is 27.7 Å². The quantitative estimate of drug-likeness (QED) is 0.388. The van der Waals surface area contributed by atoms with Crippen LogP contribution < -0.4 is 0 Å². The van der Waals surface area contributed by atoms with Crippen LogP contribution in [-0.4, -0.2) is 67.3 Å². The molecule has 0 N–H and O–H groups in total. The maximum atomic E-state index is 6.29. The van der Waals surface area contributed by atoms with Crippen molar-refractivity contribution < 1.29 is 17.8 Å². The highest BCUT2D eigenvalue weighted by molar-refractivity contribution is 6.71. The molecule has 0 aromatic carbocycles. The molecule has 0 aliphatic heterocycles. The number of hydrogen-bond acceptors (Lipinski definition) is 3. The summed E-state index contributed by atoms with van der Waals surface area (Å²) in [6, 6.07) is 0. The third-order valence-corrected chi connectivity index (χ3v) is 6.07. The fourth-order valence-corrected chi connectivity index (χ4v) is 3.96. The van der Waals surface area contributed by atoms with Crippen molar-refractivity contribution >= 4 is 20.4 Å². The Bertz CT molecular complexity index is 174. The predicted octanol–water partition coefficient (Wildman–Crippen LogP) is 1.11. The van der Waals surface area contributed by atoms with Gasteiger partial charge in [0.15, 0.2) is 0 Å². The van der Waals surface area contributed by atoms with E-state index < -0.39 is 8.80 Å². The summed E-state index contributed by atoms with van der Waals surface area (Å²) < 4.78 is 16.8. The van der Waals surface area contributed by atoms with Crippen molar-refractivity contribution in [1.82, 2.24) is 0 Å². The second kappa shape index (κ2) is 6.17. The Balaban J connectivity index is 4.33. The summed E-state index contributed by atoms with van der Waals surface area (Å²) in [5.74, 6) is 0. The molecule has 0 heterocycles. The zero-order valence-corrected chi connectivity index (χ0v) is 12.3. The zero-order chi connectivity index (χ0) is 12.1. The molecule has 0 radical (unpaired) electrons. The highest BCUT2D eigenvalue weighted by Gasteiger charge is 2.46. The summed E-state index contributed by atoms with van der Waals surface area (Å²) in [7, 11) is 8.46. The molecule has 92 valence electrons. The first kappa shape index (κ1) is 15.3. The molecule has 0 aromatic heterocycles. The molecule has 4 nitrogen and oxygen atoms in total. The fourth-order valence-electron chi connectivity index (χ4n) is 1.31. The standard InChI is InChI=1S/C9H23ClNO3Si/c1-11(2,3)8-7-9(10)15(12-4,13-5)14-6/h9H,7-8H2,1-6H3/q+1. The normalized spacial score (nSPS) is 15.4. The van der Waals surface area contributed by atoms with Crippen LogP contribution in [-0.2, 0) is 13.3 Å². The summed E-state index contributed by atoms with van der Waals surface area (Å²) in [6.07, 6.45) is 0.812.